The van der Waals surface area contributed by atoms with Crippen LogP contribution in [0.3, 0.4) is 0 Å². The maximum atomic E-state index is 4.95. The van der Waals surface area contributed by atoms with Crippen molar-refractivity contribution in [1.82, 2.24) is 15.0 Å². The zero-order chi connectivity index (χ0) is 19.2. The van der Waals surface area contributed by atoms with E-state index in [1.54, 1.807) is 18.0 Å². The van der Waals surface area contributed by atoms with E-state index in [1.807, 2.05) is 18.3 Å². The monoisotopic (exact) mass is 380 g/mol. The number of allylic oxidation sites excluding steroid dienone is 2. The molecule has 3 rings (SSSR count). The molecule has 0 radical (unpaired) electrons. The van der Waals surface area contributed by atoms with Crippen LogP contribution in [0.2, 0.25) is 0 Å². The first-order chi connectivity index (χ1) is 13.1. The summed E-state index contributed by atoms with van der Waals surface area (Å²) in [5.74, 6) is 1.98. The van der Waals surface area contributed by atoms with E-state index in [4.69, 9.17) is 4.98 Å². The van der Waals surface area contributed by atoms with Crippen molar-refractivity contribution in [1.29, 1.82) is 0 Å². The van der Waals surface area contributed by atoms with Gasteiger partial charge in [0.25, 0.3) is 0 Å². The first-order valence-electron chi connectivity index (χ1n) is 9.62. The van der Waals surface area contributed by atoms with Crippen molar-refractivity contribution < 1.29 is 0 Å². The molecule has 2 aromatic heterocycles. The summed E-state index contributed by atoms with van der Waals surface area (Å²) < 4.78 is 0. The molecule has 1 N–H and O–H groups in total. The molecule has 0 saturated carbocycles. The normalized spacial score (nSPS) is 15.9. The van der Waals surface area contributed by atoms with Crippen molar-refractivity contribution in [2.75, 3.05) is 18.5 Å². The molecule has 0 saturated heterocycles. The Morgan fingerprint density at radius 1 is 1.41 bits per heavy atom. The van der Waals surface area contributed by atoms with E-state index in [-0.39, 0.29) is 0 Å². The maximum absolute atomic E-state index is 4.95. The van der Waals surface area contributed by atoms with Gasteiger partial charge in [-0.25, -0.2) is 4.98 Å². The van der Waals surface area contributed by atoms with E-state index in [0.29, 0.717) is 0 Å². The fourth-order valence-corrected chi connectivity index (χ4v) is 4.03. The number of thioether (sulfide) groups is 1. The number of nitrogens with zero attached hydrogens (tertiary/aromatic N) is 3. The minimum atomic E-state index is 0.930. The van der Waals surface area contributed by atoms with Crippen LogP contribution in [0.1, 0.15) is 56.6 Å². The van der Waals surface area contributed by atoms with Crippen molar-refractivity contribution in [2.45, 2.75) is 39.5 Å². The number of aromatic amines is 1. The SMILES string of the molecule is C=C(S/C(=C\CCC)c1nc2c([nH]1)/C(=C\CC)CCN2C)c1cccnc1. The van der Waals surface area contributed by atoms with E-state index in [2.05, 4.69) is 54.5 Å². The maximum Gasteiger partial charge on any atom is 0.154 e. The molecule has 0 amide bonds. The van der Waals surface area contributed by atoms with Gasteiger partial charge in [0.15, 0.2) is 5.82 Å². The van der Waals surface area contributed by atoms with Crippen LogP contribution >= 0.6 is 11.8 Å². The number of fused-ring (bicyclic) bond motifs is 1. The van der Waals surface area contributed by atoms with E-state index < -0.39 is 0 Å². The third-order valence-electron chi connectivity index (χ3n) is 4.60. The number of rotatable bonds is 7. The predicted molar refractivity (Wildman–Crippen MR) is 118 cm³/mol. The number of anilines is 1. The summed E-state index contributed by atoms with van der Waals surface area (Å²) in [5, 5.41) is 0. The van der Waals surface area contributed by atoms with Crippen molar-refractivity contribution in [3.63, 3.8) is 0 Å². The molecule has 27 heavy (non-hydrogen) atoms. The Balaban J connectivity index is 1.93. The molecule has 5 heteroatoms. The van der Waals surface area contributed by atoms with Gasteiger partial charge in [-0.2, -0.15) is 0 Å². The largest absolute Gasteiger partial charge is 0.358 e. The fraction of sp³-hybridized carbons (Fsp3) is 0.364. The number of H-pyrrole nitrogens is 1. The lowest BCUT2D eigenvalue weighted by Crippen LogP contribution is -2.24. The summed E-state index contributed by atoms with van der Waals surface area (Å²) in [6, 6.07) is 3.99. The Labute approximate surface area is 166 Å². The number of hydrogen-bond donors (Lipinski definition) is 1. The van der Waals surface area contributed by atoms with Gasteiger partial charge in [0.05, 0.1) is 10.6 Å². The third-order valence-corrected chi connectivity index (χ3v) is 5.66. The van der Waals surface area contributed by atoms with Crippen molar-refractivity contribution in [3.8, 4) is 0 Å². The summed E-state index contributed by atoms with van der Waals surface area (Å²) in [6.07, 6.45) is 12.4. The zero-order valence-electron chi connectivity index (χ0n) is 16.5. The highest BCUT2D eigenvalue weighted by Crippen LogP contribution is 2.40. The first-order valence-corrected chi connectivity index (χ1v) is 10.4. The van der Waals surface area contributed by atoms with E-state index in [9.17, 15) is 0 Å². The van der Waals surface area contributed by atoms with Gasteiger partial charge >= 0.3 is 0 Å². The molecular formula is C22H28N4S. The minimum Gasteiger partial charge on any atom is -0.358 e. The summed E-state index contributed by atoms with van der Waals surface area (Å²) in [5.41, 5.74) is 3.58. The van der Waals surface area contributed by atoms with Crippen LogP contribution in [0.5, 0.6) is 0 Å². The Morgan fingerprint density at radius 3 is 2.96 bits per heavy atom. The highest BCUT2D eigenvalue weighted by atomic mass is 32.2. The van der Waals surface area contributed by atoms with E-state index >= 15 is 0 Å². The molecule has 1 aliphatic heterocycles. The van der Waals surface area contributed by atoms with Gasteiger partial charge in [0, 0.05) is 36.5 Å². The van der Waals surface area contributed by atoms with Gasteiger partial charge in [-0.15, -0.1) is 0 Å². The van der Waals surface area contributed by atoms with Crippen LogP contribution in [-0.2, 0) is 0 Å². The van der Waals surface area contributed by atoms with Crippen LogP contribution in [-0.4, -0.2) is 28.5 Å². The average Bonchev–Trinajstić information content (AvgIpc) is 3.14. The molecule has 0 unspecified atom stereocenters. The highest BCUT2D eigenvalue weighted by molar-refractivity contribution is 8.16. The molecule has 0 aliphatic carbocycles. The molecule has 4 nitrogen and oxygen atoms in total. The second kappa shape index (κ2) is 9.09. The molecule has 142 valence electrons. The van der Waals surface area contributed by atoms with Gasteiger partial charge in [-0.05, 0) is 30.9 Å². The molecule has 0 fully saturated rings. The standard InChI is InChI=1S/C22H28N4S/c1-5-7-11-19(27-16(3)18-10-8-13-23-15-18)21-24-20-17(9-6-2)12-14-26(4)22(20)25-21/h8-11,13,15H,3,5-7,12,14H2,1-2,4H3,(H,24,25)/b17-9-,19-11-. The first kappa shape index (κ1) is 19.5. The molecule has 0 bridgehead atoms. The summed E-state index contributed by atoms with van der Waals surface area (Å²) in [7, 11) is 2.11. The smallest absolute Gasteiger partial charge is 0.154 e. The topological polar surface area (TPSA) is 44.8 Å². The van der Waals surface area contributed by atoms with Crippen molar-refractivity contribution >= 4 is 33.0 Å². The molecule has 2 aromatic rings. The van der Waals surface area contributed by atoms with Gasteiger partial charge in [0.2, 0.25) is 0 Å². The number of aromatic nitrogens is 3. The lowest BCUT2D eigenvalue weighted by molar-refractivity contribution is 0.861. The van der Waals surface area contributed by atoms with Gasteiger partial charge in [-0.3, -0.25) is 4.98 Å². The van der Waals surface area contributed by atoms with Crippen molar-refractivity contribution in [2.24, 2.45) is 0 Å². The van der Waals surface area contributed by atoms with E-state index in [1.165, 1.54) is 5.57 Å². The summed E-state index contributed by atoms with van der Waals surface area (Å²) in [6.45, 7) is 9.64. The average molecular weight is 381 g/mol. The van der Waals surface area contributed by atoms with Crippen LogP contribution in [0.4, 0.5) is 5.82 Å². The van der Waals surface area contributed by atoms with E-state index in [0.717, 1.165) is 64.9 Å². The number of unbranched alkanes of at least 4 members (excludes halogenated alkanes) is 1. The Morgan fingerprint density at radius 2 is 2.26 bits per heavy atom. The Hall–Kier alpha value is -2.27. The van der Waals surface area contributed by atoms with Gasteiger partial charge < -0.3 is 9.88 Å². The third kappa shape index (κ3) is 4.53. The van der Waals surface area contributed by atoms with Gasteiger partial charge in [-0.1, -0.05) is 56.8 Å². The predicted octanol–water partition coefficient (Wildman–Crippen LogP) is 5.98. The number of pyridine rings is 1. The van der Waals surface area contributed by atoms with Crippen LogP contribution in [0.15, 0.2) is 43.3 Å². The van der Waals surface area contributed by atoms with Crippen LogP contribution in [0.25, 0.3) is 15.4 Å². The lowest BCUT2D eigenvalue weighted by atomic mass is 10.0. The van der Waals surface area contributed by atoms with Crippen LogP contribution < -0.4 is 4.90 Å². The van der Waals surface area contributed by atoms with Crippen LogP contribution in [0, 0.1) is 0 Å². The Kier molecular flexibility index (Phi) is 6.56. The van der Waals surface area contributed by atoms with Crippen molar-refractivity contribution in [3.05, 3.63) is 60.3 Å². The van der Waals surface area contributed by atoms with Gasteiger partial charge in [0.1, 0.15) is 5.82 Å². The Bertz CT molecular complexity index is 848. The number of hydrogen-bond acceptors (Lipinski definition) is 4. The molecule has 0 spiro atoms. The quantitative estimate of drug-likeness (QED) is 0.641. The second-order valence-corrected chi connectivity index (χ2v) is 7.85. The highest BCUT2D eigenvalue weighted by Gasteiger charge is 2.23. The summed E-state index contributed by atoms with van der Waals surface area (Å²) in [4.78, 5) is 17.1. The molecule has 1 aliphatic rings. The summed E-state index contributed by atoms with van der Waals surface area (Å²) >= 11 is 1.66. The lowest BCUT2D eigenvalue weighted by Gasteiger charge is -2.24. The number of nitrogens with one attached hydrogen (secondary N) is 1. The molecule has 0 atom stereocenters. The second-order valence-electron chi connectivity index (χ2n) is 6.72. The molecule has 0 aromatic carbocycles. The molecule has 3 heterocycles. The minimum absolute atomic E-state index is 0.930. The number of imidazole rings is 1. The molecular weight excluding hydrogens is 352 g/mol. The zero-order valence-corrected chi connectivity index (χ0v) is 17.3. The fourth-order valence-electron chi connectivity index (χ4n) is 3.13.